The number of carbonyl (C=O) groups is 1. The van der Waals surface area contributed by atoms with Gasteiger partial charge >= 0.3 is 0 Å². The molecule has 2 heterocycles. The van der Waals surface area contributed by atoms with Gasteiger partial charge in [-0.05, 0) is 24.6 Å². The molecule has 1 amide bonds. The van der Waals surface area contributed by atoms with Crippen molar-refractivity contribution in [3.05, 3.63) is 41.2 Å². The highest BCUT2D eigenvalue weighted by atomic mass is 32.2. The van der Waals surface area contributed by atoms with Crippen LogP contribution in [-0.4, -0.2) is 31.7 Å². The van der Waals surface area contributed by atoms with Crippen LogP contribution in [0.1, 0.15) is 24.3 Å². The second kappa shape index (κ2) is 7.76. The van der Waals surface area contributed by atoms with Crippen LogP contribution in [0.4, 0.5) is 0 Å². The summed E-state index contributed by atoms with van der Waals surface area (Å²) < 4.78 is 32.2. The molecule has 1 N–H and O–H groups in total. The second-order valence-corrected chi connectivity index (χ2v) is 8.35. The third-order valence-electron chi connectivity index (χ3n) is 3.27. The number of furan rings is 1. The molecule has 0 aromatic carbocycles. The molecule has 0 atom stereocenters. The number of thiophene rings is 1. The maximum atomic E-state index is 12.7. The van der Waals surface area contributed by atoms with Crippen molar-refractivity contribution < 1.29 is 17.6 Å². The van der Waals surface area contributed by atoms with E-state index in [9.17, 15) is 13.2 Å². The van der Waals surface area contributed by atoms with Crippen LogP contribution < -0.4 is 5.32 Å². The third kappa shape index (κ3) is 4.66. The Bertz CT molecular complexity index is 735. The fourth-order valence-electron chi connectivity index (χ4n) is 2.07. The molecule has 0 spiro atoms. The van der Waals surface area contributed by atoms with E-state index < -0.39 is 10.0 Å². The summed E-state index contributed by atoms with van der Waals surface area (Å²) in [6.07, 6.45) is 3.69. The van der Waals surface area contributed by atoms with Crippen LogP contribution in [0.25, 0.3) is 0 Å². The fourth-order valence-corrected chi connectivity index (χ4v) is 5.02. The third-order valence-corrected chi connectivity index (χ3v) is 6.80. The van der Waals surface area contributed by atoms with Crippen molar-refractivity contribution in [3.63, 3.8) is 0 Å². The number of nitrogens with one attached hydrogen (secondary N) is 1. The highest BCUT2D eigenvalue weighted by Crippen LogP contribution is 2.26. The minimum Gasteiger partial charge on any atom is -0.472 e. The summed E-state index contributed by atoms with van der Waals surface area (Å²) in [6.45, 7) is 4.44. The second-order valence-electron chi connectivity index (χ2n) is 5.02. The lowest BCUT2D eigenvalue weighted by Gasteiger charge is -2.18. The van der Waals surface area contributed by atoms with E-state index in [1.165, 1.54) is 28.8 Å². The molecule has 2 aromatic heterocycles. The number of amides is 1. The average Bonchev–Trinajstić information content (AvgIpc) is 3.15. The Morgan fingerprint density at radius 1 is 1.35 bits per heavy atom. The normalized spacial score (nSPS) is 11.8. The number of carbonyl (C=O) groups excluding carboxylic acids is 1. The summed E-state index contributed by atoms with van der Waals surface area (Å²) >= 11 is 1.24. The predicted molar refractivity (Wildman–Crippen MR) is 88.7 cm³/mol. The largest absolute Gasteiger partial charge is 0.472 e. The summed E-state index contributed by atoms with van der Waals surface area (Å²) in [5.74, 6) is -0.0910. The maximum absolute atomic E-state index is 12.7. The van der Waals surface area contributed by atoms with Gasteiger partial charge in [-0.1, -0.05) is 6.92 Å². The number of hydrogen-bond acceptors (Lipinski definition) is 5. The lowest BCUT2D eigenvalue weighted by Crippen LogP contribution is -2.29. The lowest BCUT2D eigenvalue weighted by atomic mass is 10.3. The van der Waals surface area contributed by atoms with E-state index in [0.717, 1.165) is 10.4 Å². The summed E-state index contributed by atoms with van der Waals surface area (Å²) in [7, 11) is -3.52. The molecule has 0 saturated carbocycles. The van der Waals surface area contributed by atoms with Crippen molar-refractivity contribution in [2.75, 3.05) is 13.1 Å². The highest BCUT2D eigenvalue weighted by molar-refractivity contribution is 7.91. The van der Waals surface area contributed by atoms with E-state index in [0.29, 0.717) is 23.7 Å². The smallest absolute Gasteiger partial charge is 0.252 e. The predicted octanol–water partition coefficient (Wildman–Crippen LogP) is 2.23. The Labute approximate surface area is 140 Å². The Hall–Kier alpha value is -1.64. The number of sulfonamides is 1. The number of nitrogens with zero attached hydrogens (tertiary/aromatic N) is 1. The monoisotopic (exact) mass is 356 g/mol. The van der Waals surface area contributed by atoms with Gasteiger partial charge in [0, 0.05) is 37.0 Å². The first kappa shape index (κ1) is 17.7. The van der Waals surface area contributed by atoms with Gasteiger partial charge in [-0.3, -0.25) is 4.79 Å². The van der Waals surface area contributed by atoms with Crippen LogP contribution >= 0.6 is 11.3 Å². The molecular weight excluding hydrogens is 336 g/mol. The van der Waals surface area contributed by atoms with Gasteiger partial charge < -0.3 is 9.73 Å². The molecule has 126 valence electrons. The topological polar surface area (TPSA) is 79.6 Å². The zero-order valence-corrected chi connectivity index (χ0v) is 14.7. The van der Waals surface area contributed by atoms with Crippen molar-refractivity contribution in [1.82, 2.24) is 9.62 Å². The summed E-state index contributed by atoms with van der Waals surface area (Å²) in [5, 5.41) is 2.70. The van der Waals surface area contributed by atoms with E-state index in [1.807, 2.05) is 6.92 Å². The molecule has 0 unspecified atom stereocenters. The van der Waals surface area contributed by atoms with Crippen LogP contribution in [0, 0.1) is 0 Å². The average molecular weight is 356 g/mol. The standard InChI is InChI=1S/C15H20N2O4S2/c1-3-17(10-13-7-9-21-11-13)23(19,20)15-5-4-14(22-15)6-8-16-12(2)18/h4-5,7,9,11H,3,6,8,10H2,1-2H3,(H,16,18). The Morgan fingerprint density at radius 2 is 2.13 bits per heavy atom. The van der Waals surface area contributed by atoms with Crippen LogP contribution in [0.3, 0.4) is 0 Å². The van der Waals surface area contributed by atoms with Crippen molar-refractivity contribution >= 4 is 27.3 Å². The molecule has 6 nitrogen and oxygen atoms in total. The zero-order chi connectivity index (χ0) is 16.9. The quantitative estimate of drug-likeness (QED) is 0.786. The van der Waals surface area contributed by atoms with Gasteiger partial charge in [-0.25, -0.2) is 8.42 Å². The Balaban J connectivity index is 2.08. The minimum absolute atomic E-state index is 0.0910. The molecule has 0 radical (unpaired) electrons. The SMILES string of the molecule is CCN(Cc1ccoc1)S(=O)(=O)c1ccc(CCNC(C)=O)s1. The van der Waals surface area contributed by atoms with Crippen molar-refractivity contribution in [3.8, 4) is 0 Å². The summed E-state index contributed by atoms with van der Waals surface area (Å²) in [4.78, 5) is 11.8. The van der Waals surface area contributed by atoms with Crippen molar-refractivity contribution in [2.45, 2.75) is 31.0 Å². The fraction of sp³-hybridized carbons (Fsp3) is 0.400. The highest BCUT2D eigenvalue weighted by Gasteiger charge is 2.25. The summed E-state index contributed by atoms with van der Waals surface area (Å²) in [6, 6.07) is 5.18. The summed E-state index contributed by atoms with van der Waals surface area (Å²) in [5.41, 5.74) is 0.817. The lowest BCUT2D eigenvalue weighted by molar-refractivity contribution is -0.118. The number of rotatable bonds is 8. The van der Waals surface area contributed by atoms with Gasteiger partial charge in [-0.15, -0.1) is 11.3 Å². The van der Waals surface area contributed by atoms with Crippen LogP contribution in [-0.2, 0) is 27.8 Å². The Morgan fingerprint density at radius 3 is 2.74 bits per heavy atom. The molecule has 2 aromatic rings. The zero-order valence-electron chi connectivity index (χ0n) is 13.1. The van der Waals surface area contributed by atoms with E-state index in [4.69, 9.17) is 4.42 Å². The molecule has 0 fully saturated rings. The molecule has 0 aliphatic heterocycles. The van der Waals surface area contributed by atoms with Crippen LogP contribution in [0.5, 0.6) is 0 Å². The van der Waals surface area contributed by atoms with Crippen molar-refractivity contribution in [1.29, 1.82) is 0 Å². The molecule has 0 aliphatic rings. The van der Waals surface area contributed by atoms with Crippen LogP contribution in [0.15, 0.2) is 39.4 Å². The maximum Gasteiger partial charge on any atom is 0.252 e. The van der Waals surface area contributed by atoms with Gasteiger partial charge in [0.2, 0.25) is 5.91 Å². The first-order chi connectivity index (χ1) is 10.9. The molecule has 2 rings (SSSR count). The molecule has 8 heteroatoms. The van der Waals surface area contributed by atoms with Crippen molar-refractivity contribution in [2.24, 2.45) is 0 Å². The van der Waals surface area contributed by atoms with E-state index in [1.54, 1.807) is 24.5 Å². The van der Waals surface area contributed by atoms with E-state index >= 15 is 0 Å². The van der Waals surface area contributed by atoms with Gasteiger partial charge in [0.25, 0.3) is 10.0 Å². The van der Waals surface area contributed by atoms with Gasteiger partial charge in [0.15, 0.2) is 0 Å². The van der Waals surface area contributed by atoms with Gasteiger partial charge in [-0.2, -0.15) is 4.31 Å². The minimum atomic E-state index is -3.52. The molecule has 0 bridgehead atoms. The van der Waals surface area contributed by atoms with E-state index in [-0.39, 0.29) is 12.5 Å². The Kier molecular flexibility index (Phi) is 5.97. The molecule has 0 aliphatic carbocycles. The first-order valence-electron chi connectivity index (χ1n) is 7.28. The van der Waals surface area contributed by atoms with E-state index in [2.05, 4.69) is 5.32 Å². The first-order valence-corrected chi connectivity index (χ1v) is 9.53. The molecule has 23 heavy (non-hydrogen) atoms. The van der Waals surface area contributed by atoms with Gasteiger partial charge in [0.1, 0.15) is 4.21 Å². The number of hydrogen-bond donors (Lipinski definition) is 1. The van der Waals surface area contributed by atoms with Gasteiger partial charge in [0.05, 0.1) is 12.5 Å². The molecule has 0 saturated heterocycles. The van der Waals surface area contributed by atoms with Crippen LogP contribution in [0.2, 0.25) is 0 Å². The molecular formula is C15H20N2O4S2.